The van der Waals surface area contributed by atoms with Crippen LogP contribution in [0.4, 0.5) is 0 Å². The molecule has 4 heterocycles. The molecule has 1 aliphatic heterocycles. The van der Waals surface area contributed by atoms with Crippen LogP contribution in [0.5, 0.6) is 0 Å². The van der Waals surface area contributed by atoms with Gasteiger partial charge >= 0.3 is 0 Å². The van der Waals surface area contributed by atoms with E-state index in [-0.39, 0.29) is 0 Å². The minimum absolute atomic E-state index is 0.652. The van der Waals surface area contributed by atoms with Crippen LogP contribution in [0.3, 0.4) is 0 Å². The first kappa shape index (κ1) is 17.9. The van der Waals surface area contributed by atoms with Crippen LogP contribution in [0.25, 0.3) is 11.3 Å². The molecule has 4 rings (SSSR count). The molecule has 0 aromatic carbocycles. The number of aryl methyl sites for hydroxylation is 3. The SMILES string of the molecule is Cc1cnccc1CN1CC[C@@H](Cc2cccc(-c3c(C)noc3C)n2)C1. The van der Waals surface area contributed by atoms with Crippen LogP contribution in [-0.2, 0) is 13.0 Å². The summed E-state index contributed by atoms with van der Waals surface area (Å²) in [6.07, 6.45) is 6.08. The molecule has 0 N–H and O–H groups in total. The molecular weight excluding hydrogens is 336 g/mol. The number of rotatable bonds is 5. The third-order valence-corrected chi connectivity index (χ3v) is 5.49. The number of hydrogen-bond donors (Lipinski definition) is 0. The highest BCUT2D eigenvalue weighted by molar-refractivity contribution is 5.63. The summed E-state index contributed by atoms with van der Waals surface area (Å²) in [5.74, 6) is 1.48. The number of aromatic nitrogens is 3. The lowest BCUT2D eigenvalue weighted by Crippen LogP contribution is -2.21. The maximum absolute atomic E-state index is 5.30. The van der Waals surface area contributed by atoms with E-state index in [1.807, 2.05) is 32.3 Å². The van der Waals surface area contributed by atoms with Gasteiger partial charge in [0.25, 0.3) is 0 Å². The minimum Gasteiger partial charge on any atom is -0.361 e. The first-order valence-electron chi connectivity index (χ1n) is 9.61. The predicted molar refractivity (Wildman–Crippen MR) is 105 cm³/mol. The summed E-state index contributed by atoms with van der Waals surface area (Å²) in [5.41, 5.74) is 6.69. The first-order chi connectivity index (χ1) is 13.1. The predicted octanol–water partition coefficient (Wildman–Crippen LogP) is 4.12. The van der Waals surface area contributed by atoms with Gasteiger partial charge in [0.1, 0.15) is 5.76 Å². The van der Waals surface area contributed by atoms with E-state index in [1.54, 1.807) is 0 Å². The summed E-state index contributed by atoms with van der Waals surface area (Å²) in [6.45, 7) is 9.34. The second kappa shape index (κ2) is 7.61. The van der Waals surface area contributed by atoms with Gasteiger partial charge in [-0.25, -0.2) is 0 Å². The summed E-state index contributed by atoms with van der Waals surface area (Å²) in [4.78, 5) is 11.6. The molecule has 27 heavy (non-hydrogen) atoms. The third kappa shape index (κ3) is 3.93. The van der Waals surface area contributed by atoms with E-state index in [0.29, 0.717) is 5.92 Å². The van der Waals surface area contributed by atoms with Gasteiger partial charge in [-0.2, -0.15) is 0 Å². The Morgan fingerprint density at radius 1 is 1.19 bits per heavy atom. The number of likely N-dealkylation sites (tertiary alicyclic amines) is 1. The molecule has 0 aliphatic carbocycles. The highest BCUT2D eigenvalue weighted by Crippen LogP contribution is 2.27. The van der Waals surface area contributed by atoms with E-state index in [2.05, 4.69) is 40.2 Å². The van der Waals surface area contributed by atoms with Crippen molar-refractivity contribution in [3.63, 3.8) is 0 Å². The zero-order chi connectivity index (χ0) is 18.8. The van der Waals surface area contributed by atoms with Gasteiger partial charge in [0.2, 0.25) is 0 Å². The van der Waals surface area contributed by atoms with Crippen LogP contribution in [0.15, 0.2) is 41.2 Å². The average molecular weight is 362 g/mol. The Labute approximate surface area is 160 Å². The standard InChI is InChI=1S/C22H26N4O/c1-15-12-23-9-7-19(15)14-26-10-8-18(13-26)11-20-5-4-6-21(24-20)22-16(2)25-27-17(22)3/h4-7,9,12,18H,8,10-11,13-14H2,1-3H3/t18-/m0/s1. The Morgan fingerprint density at radius 2 is 2.07 bits per heavy atom. The largest absolute Gasteiger partial charge is 0.361 e. The lowest BCUT2D eigenvalue weighted by atomic mass is 10.0. The van der Waals surface area contributed by atoms with Crippen LogP contribution in [0.1, 0.15) is 34.7 Å². The van der Waals surface area contributed by atoms with E-state index < -0.39 is 0 Å². The molecule has 3 aromatic heterocycles. The highest BCUT2D eigenvalue weighted by Gasteiger charge is 2.24. The smallest absolute Gasteiger partial charge is 0.143 e. The van der Waals surface area contributed by atoms with Crippen molar-refractivity contribution in [2.75, 3.05) is 13.1 Å². The van der Waals surface area contributed by atoms with Crippen LogP contribution in [-0.4, -0.2) is 33.1 Å². The van der Waals surface area contributed by atoms with Crippen molar-refractivity contribution in [3.8, 4) is 11.3 Å². The molecule has 0 unspecified atom stereocenters. The van der Waals surface area contributed by atoms with Crippen molar-refractivity contribution in [2.45, 2.75) is 40.2 Å². The van der Waals surface area contributed by atoms with Crippen molar-refractivity contribution in [1.29, 1.82) is 0 Å². The highest BCUT2D eigenvalue weighted by atomic mass is 16.5. The quantitative estimate of drug-likeness (QED) is 0.683. The molecule has 0 amide bonds. The minimum atomic E-state index is 0.652. The number of nitrogens with zero attached hydrogens (tertiary/aromatic N) is 4. The topological polar surface area (TPSA) is 55.1 Å². The maximum atomic E-state index is 5.30. The first-order valence-corrected chi connectivity index (χ1v) is 9.61. The van der Waals surface area contributed by atoms with Gasteiger partial charge in [0, 0.05) is 31.2 Å². The van der Waals surface area contributed by atoms with Gasteiger partial charge < -0.3 is 4.52 Å². The lowest BCUT2D eigenvalue weighted by molar-refractivity contribution is 0.315. The van der Waals surface area contributed by atoms with Gasteiger partial charge in [0.05, 0.1) is 17.0 Å². The number of pyridine rings is 2. The molecule has 0 radical (unpaired) electrons. The zero-order valence-corrected chi connectivity index (χ0v) is 16.3. The summed E-state index contributed by atoms with van der Waals surface area (Å²) in [6, 6.07) is 8.41. The maximum Gasteiger partial charge on any atom is 0.143 e. The Hall–Kier alpha value is -2.53. The van der Waals surface area contributed by atoms with Gasteiger partial charge in [-0.1, -0.05) is 11.2 Å². The average Bonchev–Trinajstić information content (AvgIpc) is 3.23. The second-order valence-electron chi connectivity index (χ2n) is 7.61. The third-order valence-electron chi connectivity index (χ3n) is 5.49. The molecule has 1 aliphatic rings. The second-order valence-corrected chi connectivity index (χ2v) is 7.61. The normalized spacial score (nSPS) is 17.5. The fourth-order valence-corrected chi connectivity index (χ4v) is 4.02. The molecule has 1 saturated heterocycles. The van der Waals surface area contributed by atoms with Crippen molar-refractivity contribution < 1.29 is 4.52 Å². The Morgan fingerprint density at radius 3 is 2.85 bits per heavy atom. The molecule has 140 valence electrons. The summed E-state index contributed by atoms with van der Waals surface area (Å²) < 4.78 is 5.30. The monoisotopic (exact) mass is 362 g/mol. The van der Waals surface area contributed by atoms with E-state index in [4.69, 9.17) is 9.51 Å². The molecule has 1 fully saturated rings. The molecule has 3 aromatic rings. The van der Waals surface area contributed by atoms with Crippen molar-refractivity contribution in [3.05, 3.63) is 64.9 Å². The van der Waals surface area contributed by atoms with Crippen LogP contribution in [0.2, 0.25) is 0 Å². The molecule has 5 nitrogen and oxygen atoms in total. The lowest BCUT2D eigenvalue weighted by Gasteiger charge is -2.17. The van der Waals surface area contributed by atoms with Gasteiger partial charge in [-0.05, 0) is 75.4 Å². The molecule has 0 saturated carbocycles. The van der Waals surface area contributed by atoms with Crippen LogP contribution >= 0.6 is 0 Å². The van der Waals surface area contributed by atoms with Crippen molar-refractivity contribution in [1.82, 2.24) is 20.0 Å². The van der Waals surface area contributed by atoms with Crippen molar-refractivity contribution in [2.24, 2.45) is 5.92 Å². The molecule has 5 heteroatoms. The Bertz CT molecular complexity index is 914. The van der Waals surface area contributed by atoms with Gasteiger partial charge in [0.15, 0.2) is 0 Å². The van der Waals surface area contributed by atoms with Gasteiger partial charge in [-0.15, -0.1) is 0 Å². The Kier molecular flexibility index (Phi) is 5.03. The van der Waals surface area contributed by atoms with E-state index in [1.165, 1.54) is 17.5 Å². The van der Waals surface area contributed by atoms with Crippen molar-refractivity contribution >= 4 is 0 Å². The molecule has 1 atom stereocenters. The van der Waals surface area contributed by atoms with Gasteiger partial charge in [-0.3, -0.25) is 14.9 Å². The van der Waals surface area contributed by atoms with E-state index in [0.717, 1.165) is 54.5 Å². The van der Waals surface area contributed by atoms with E-state index in [9.17, 15) is 0 Å². The zero-order valence-electron chi connectivity index (χ0n) is 16.3. The molecular formula is C22H26N4O. The fourth-order valence-electron chi connectivity index (χ4n) is 4.02. The summed E-state index contributed by atoms with van der Waals surface area (Å²) in [7, 11) is 0. The number of hydrogen-bond acceptors (Lipinski definition) is 5. The Balaban J connectivity index is 1.42. The van der Waals surface area contributed by atoms with E-state index >= 15 is 0 Å². The molecule has 0 spiro atoms. The fraction of sp³-hybridized carbons (Fsp3) is 0.409. The van der Waals surface area contributed by atoms with Crippen LogP contribution in [0, 0.1) is 26.7 Å². The van der Waals surface area contributed by atoms with Crippen LogP contribution < -0.4 is 0 Å². The molecule has 0 bridgehead atoms. The summed E-state index contributed by atoms with van der Waals surface area (Å²) >= 11 is 0. The summed E-state index contributed by atoms with van der Waals surface area (Å²) in [5, 5.41) is 4.06.